The van der Waals surface area contributed by atoms with E-state index < -0.39 is 5.54 Å². The second-order valence-corrected chi connectivity index (χ2v) is 11.2. The molecule has 2 fully saturated rings. The van der Waals surface area contributed by atoms with Crippen LogP contribution in [0.2, 0.25) is 5.15 Å². The fourth-order valence-electron chi connectivity index (χ4n) is 5.41. The Morgan fingerprint density at radius 1 is 1.30 bits per heavy atom. The van der Waals surface area contributed by atoms with Crippen molar-refractivity contribution in [2.45, 2.75) is 58.5 Å². The summed E-state index contributed by atoms with van der Waals surface area (Å²) in [6.45, 7) is 9.16. The minimum Gasteiger partial charge on any atom is -0.323 e. The number of carbonyl (C=O) groups excluding carboxylic acids is 2. The number of carbonyl (C=O) groups is 2. The topological polar surface area (TPSA) is 70.5 Å². The van der Waals surface area contributed by atoms with Gasteiger partial charge in [0.2, 0.25) is 0 Å². The van der Waals surface area contributed by atoms with E-state index in [1.54, 1.807) is 16.0 Å². The largest absolute Gasteiger partial charge is 0.325 e. The van der Waals surface area contributed by atoms with Crippen molar-refractivity contribution >= 4 is 34.9 Å². The van der Waals surface area contributed by atoms with E-state index >= 15 is 0 Å². The van der Waals surface area contributed by atoms with E-state index in [9.17, 15) is 9.59 Å². The number of imide groups is 1. The number of likely N-dealkylation sites (tertiary alicyclic amines) is 1. The molecule has 9 heteroatoms. The first kappa shape index (κ1) is 24.2. The van der Waals surface area contributed by atoms with Gasteiger partial charge in [0.15, 0.2) is 0 Å². The molecule has 1 N–H and O–H groups in total. The summed E-state index contributed by atoms with van der Waals surface area (Å²) in [4.78, 5) is 31.7. The van der Waals surface area contributed by atoms with Crippen LogP contribution >= 0.6 is 22.9 Å². The Kier molecular flexibility index (Phi) is 7.17. The summed E-state index contributed by atoms with van der Waals surface area (Å²) in [6, 6.07) is 3.82. The second kappa shape index (κ2) is 9.76. The number of piperidine rings is 1. The molecule has 2 aromatic heterocycles. The highest BCUT2D eigenvalue weighted by atomic mass is 35.5. The molecule has 0 bridgehead atoms. The third-order valence-corrected chi connectivity index (χ3v) is 8.44. The van der Waals surface area contributed by atoms with Crippen molar-refractivity contribution in [2.24, 2.45) is 18.9 Å². The highest BCUT2D eigenvalue weighted by Crippen LogP contribution is 2.39. The highest BCUT2D eigenvalue weighted by Gasteiger charge is 2.55. The molecule has 0 radical (unpaired) electrons. The summed E-state index contributed by atoms with van der Waals surface area (Å²) < 4.78 is 1.72. The van der Waals surface area contributed by atoms with Crippen molar-refractivity contribution in [3.63, 3.8) is 0 Å². The average molecular weight is 492 g/mol. The van der Waals surface area contributed by atoms with Crippen LogP contribution in [0.15, 0.2) is 17.5 Å². The molecule has 3 amide bonds. The Balaban J connectivity index is 1.45. The first-order valence-corrected chi connectivity index (χ1v) is 13.0. The minimum absolute atomic E-state index is 0.0395. The summed E-state index contributed by atoms with van der Waals surface area (Å²) in [5, 5.41) is 10.3. The quantitative estimate of drug-likeness (QED) is 0.561. The number of rotatable bonds is 8. The molecule has 0 aliphatic carbocycles. The van der Waals surface area contributed by atoms with Crippen molar-refractivity contribution in [2.75, 3.05) is 19.6 Å². The Morgan fingerprint density at radius 2 is 2.03 bits per heavy atom. The third-order valence-electron chi connectivity index (χ3n) is 7.03. The lowest BCUT2D eigenvalue weighted by Crippen LogP contribution is -2.56. The normalized spacial score (nSPS) is 22.5. The number of halogens is 1. The maximum atomic E-state index is 13.7. The number of hydrogen-bond acceptors (Lipinski definition) is 5. The van der Waals surface area contributed by atoms with Gasteiger partial charge in [0.25, 0.3) is 5.91 Å². The van der Waals surface area contributed by atoms with Gasteiger partial charge in [-0.1, -0.05) is 31.5 Å². The van der Waals surface area contributed by atoms with Gasteiger partial charge >= 0.3 is 6.03 Å². The molecule has 33 heavy (non-hydrogen) atoms. The molecule has 4 heterocycles. The lowest BCUT2D eigenvalue weighted by atomic mass is 9.73. The van der Waals surface area contributed by atoms with Crippen LogP contribution < -0.4 is 5.32 Å². The summed E-state index contributed by atoms with van der Waals surface area (Å²) in [7, 11) is 1.86. The number of nitrogens with one attached hydrogen (secondary N) is 1. The number of hydrogen-bond donors (Lipinski definition) is 1. The first-order valence-electron chi connectivity index (χ1n) is 11.8. The predicted molar refractivity (Wildman–Crippen MR) is 131 cm³/mol. The molecule has 0 saturated carbocycles. The third kappa shape index (κ3) is 4.84. The highest BCUT2D eigenvalue weighted by molar-refractivity contribution is 7.09. The number of urea groups is 1. The molecular formula is C24H34ClN5O2S. The van der Waals surface area contributed by atoms with Crippen molar-refractivity contribution in [3.8, 4) is 0 Å². The second-order valence-electron chi connectivity index (χ2n) is 9.81. The Bertz CT molecular complexity index is 997. The van der Waals surface area contributed by atoms with Gasteiger partial charge in [-0.05, 0) is 69.0 Å². The van der Waals surface area contributed by atoms with Gasteiger partial charge < -0.3 is 5.32 Å². The molecular weight excluding hydrogens is 458 g/mol. The van der Waals surface area contributed by atoms with Crippen molar-refractivity contribution < 1.29 is 9.59 Å². The zero-order valence-corrected chi connectivity index (χ0v) is 21.5. The summed E-state index contributed by atoms with van der Waals surface area (Å²) in [6.07, 6.45) is 3.12. The number of nitrogens with zero attached hydrogens (tertiary/aromatic N) is 4. The van der Waals surface area contributed by atoms with E-state index in [1.165, 1.54) is 9.78 Å². The molecule has 2 aliphatic rings. The maximum Gasteiger partial charge on any atom is 0.325 e. The molecule has 7 nitrogen and oxygen atoms in total. The molecule has 4 rings (SSSR count). The molecule has 180 valence electrons. The fourth-order valence-corrected chi connectivity index (χ4v) is 6.34. The molecule has 2 aromatic rings. The van der Waals surface area contributed by atoms with E-state index in [1.807, 2.05) is 25.4 Å². The maximum absolute atomic E-state index is 13.7. The van der Waals surface area contributed by atoms with Crippen LogP contribution in [0.3, 0.4) is 0 Å². The van der Waals surface area contributed by atoms with Gasteiger partial charge in [-0.2, -0.15) is 5.10 Å². The van der Waals surface area contributed by atoms with Crippen LogP contribution in [0.5, 0.6) is 0 Å². The van der Waals surface area contributed by atoms with E-state index in [4.69, 9.17) is 11.6 Å². The van der Waals surface area contributed by atoms with Crippen LogP contribution in [0.4, 0.5) is 4.79 Å². The minimum atomic E-state index is -0.797. The molecule has 0 unspecified atom stereocenters. The lowest BCUT2D eigenvalue weighted by Gasteiger charge is -2.41. The standard InChI is InChI=1S/C24H34ClN5O2S/c1-16(2)14-24(22(31)30(23(32)26-24)12-9-19-6-5-13-33-19)18-7-10-29(11-8-18)15-20-17(3)27-28(4)21(20)25/h5-6,13,16,18H,7-12,14-15H2,1-4H3,(H,26,32)/t24-/m1/s1. The molecule has 1 atom stereocenters. The Labute approximate surface area is 205 Å². The van der Waals surface area contributed by atoms with Gasteiger partial charge in [-0.25, -0.2) is 4.79 Å². The Hall–Kier alpha value is -1.90. The zero-order chi connectivity index (χ0) is 23.8. The monoisotopic (exact) mass is 491 g/mol. The summed E-state index contributed by atoms with van der Waals surface area (Å²) in [5.41, 5.74) is 1.23. The molecule has 2 aliphatic heterocycles. The number of amides is 3. The van der Waals surface area contributed by atoms with Gasteiger partial charge in [0.05, 0.1) is 5.69 Å². The lowest BCUT2D eigenvalue weighted by molar-refractivity contribution is -0.134. The van der Waals surface area contributed by atoms with Crippen molar-refractivity contribution in [1.29, 1.82) is 0 Å². The number of aromatic nitrogens is 2. The van der Waals surface area contributed by atoms with E-state index in [-0.39, 0.29) is 17.9 Å². The molecule has 0 aromatic carbocycles. The predicted octanol–water partition coefficient (Wildman–Crippen LogP) is 4.23. The first-order chi connectivity index (χ1) is 15.7. The molecule has 2 saturated heterocycles. The van der Waals surface area contributed by atoms with Crippen LogP contribution in [0.25, 0.3) is 0 Å². The van der Waals surface area contributed by atoms with Gasteiger partial charge in [0, 0.05) is 30.6 Å². The number of aryl methyl sites for hydroxylation is 2. The van der Waals surface area contributed by atoms with Crippen LogP contribution in [0.1, 0.15) is 49.2 Å². The fraction of sp³-hybridized carbons (Fsp3) is 0.625. The van der Waals surface area contributed by atoms with Crippen LogP contribution in [-0.2, 0) is 24.8 Å². The van der Waals surface area contributed by atoms with E-state index in [0.29, 0.717) is 30.5 Å². The molecule has 0 spiro atoms. The smallest absolute Gasteiger partial charge is 0.323 e. The summed E-state index contributed by atoms with van der Waals surface area (Å²) in [5.74, 6) is 0.397. The summed E-state index contributed by atoms with van der Waals surface area (Å²) >= 11 is 8.10. The van der Waals surface area contributed by atoms with E-state index in [2.05, 4.69) is 35.2 Å². The van der Waals surface area contributed by atoms with Gasteiger partial charge in [-0.15, -0.1) is 11.3 Å². The number of thiophene rings is 1. The Morgan fingerprint density at radius 3 is 2.61 bits per heavy atom. The average Bonchev–Trinajstić information content (AvgIpc) is 3.43. The SMILES string of the molecule is Cc1nn(C)c(Cl)c1CN1CCC([C@@]2(CC(C)C)NC(=O)N(CCc3cccs3)C2=O)CC1. The van der Waals surface area contributed by atoms with Crippen LogP contribution in [0, 0.1) is 18.8 Å². The van der Waals surface area contributed by atoms with Crippen LogP contribution in [-0.4, -0.2) is 56.7 Å². The van der Waals surface area contributed by atoms with E-state index in [0.717, 1.165) is 43.7 Å². The van der Waals surface area contributed by atoms with Gasteiger partial charge in [0.1, 0.15) is 10.7 Å². The van der Waals surface area contributed by atoms with Crippen molar-refractivity contribution in [3.05, 3.63) is 38.8 Å². The van der Waals surface area contributed by atoms with Crippen molar-refractivity contribution in [1.82, 2.24) is 24.9 Å². The zero-order valence-electron chi connectivity index (χ0n) is 19.9. The van der Waals surface area contributed by atoms with Gasteiger partial charge in [-0.3, -0.25) is 19.3 Å².